The van der Waals surface area contributed by atoms with Gasteiger partial charge >= 0.3 is 6.18 Å². The van der Waals surface area contributed by atoms with Crippen molar-refractivity contribution in [3.05, 3.63) is 93.5 Å². The maximum absolute atomic E-state index is 13.8. The fraction of sp³-hybridized carbons (Fsp3) is 0.200. The first-order valence-corrected chi connectivity index (χ1v) is 13.3. The first-order chi connectivity index (χ1) is 17.8. The first-order valence-electron chi connectivity index (χ1n) is 11.1. The van der Waals surface area contributed by atoms with E-state index in [9.17, 15) is 31.2 Å². The van der Waals surface area contributed by atoms with E-state index in [2.05, 4.69) is 5.32 Å². The van der Waals surface area contributed by atoms with Crippen LogP contribution in [-0.2, 0) is 27.5 Å². The Morgan fingerprint density at radius 1 is 1.03 bits per heavy atom. The SMILES string of the molecule is CCC(C(=O)NCc1cccc(C(N)=O)c1)N(c1cc(C(F)(F)F)ccc1Cl)S(=O)(=O)c1ccc(Cl)cc1. The summed E-state index contributed by atoms with van der Waals surface area (Å²) in [5.74, 6) is -1.48. The predicted octanol–water partition coefficient (Wildman–Crippen LogP) is 5.40. The number of halogens is 5. The van der Waals surface area contributed by atoms with Crippen LogP contribution in [0.2, 0.25) is 10.0 Å². The second kappa shape index (κ2) is 11.6. The van der Waals surface area contributed by atoms with E-state index in [4.69, 9.17) is 28.9 Å². The van der Waals surface area contributed by atoms with Gasteiger partial charge in [0.1, 0.15) is 6.04 Å². The van der Waals surface area contributed by atoms with Gasteiger partial charge in [-0.05, 0) is 66.6 Å². The molecule has 3 aromatic rings. The molecule has 202 valence electrons. The average molecular weight is 588 g/mol. The summed E-state index contributed by atoms with van der Waals surface area (Å²) in [5.41, 5.74) is 4.31. The van der Waals surface area contributed by atoms with Crippen LogP contribution in [0.15, 0.2) is 71.6 Å². The zero-order valence-electron chi connectivity index (χ0n) is 19.8. The smallest absolute Gasteiger partial charge is 0.366 e. The number of hydrogen-bond donors (Lipinski definition) is 2. The Morgan fingerprint density at radius 2 is 1.68 bits per heavy atom. The summed E-state index contributed by atoms with van der Waals surface area (Å²) in [6.07, 6.45) is -4.92. The number of nitrogens with zero attached hydrogens (tertiary/aromatic N) is 1. The molecule has 0 aromatic heterocycles. The summed E-state index contributed by atoms with van der Waals surface area (Å²) in [6, 6.07) is 11.8. The minimum absolute atomic E-state index is 0.110. The molecule has 0 radical (unpaired) electrons. The third-order valence-corrected chi connectivity index (χ3v) is 7.94. The van der Waals surface area contributed by atoms with E-state index in [0.717, 1.165) is 6.07 Å². The van der Waals surface area contributed by atoms with Crippen LogP contribution in [0.4, 0.5) is 18.9 Å². The minimum Gasteiger partial charge on any atom is -0.366 e. The van der Waals surface area contributed by atoms with Gasteiger partial charge in [0.2, 0.25) is 11.8 Å². The minimum atomic E-state index is -4.80. The number of carbonyl (C=O) groups is 2. The van der Waals surface area contributed by atoms with Gasteiger partial charge in [-0.1, -0.05) is 42.3 Å². The van der Waals surface area contributed by atoms with Gasteiger partial charge in [-0.2, -0.15) is 13.2 Å². The second-order valence-electron chi connectivity index (χ2n) is 8.13. The highest BCUT2D eigenvalue weighted by atomic mass is 35.5. The molecule has 3 rings (SSSR count). The van der Waals surface area contributed by atoms with Crippen LogP contribution in [0.5, 0.6) is 0 Å². The number of primary amides is 1. The predicted molar refractivity (Wildman–Crippen MR) is 138 cm³/mol. The Kier molecular flexibility index (Phi) is 8.96. The molecule has 13 heteroatoms. The highest BCUT2D eigenvalue weighted by molar-refractivity contribution is 7.93. The molecule has 0 saturated heterocycles. The van der Waals surface area contributed by atoms with E-state index in [-0.39, 0.29) is 33.5 Å². The lowest BCUT2D eigenvalue weighted by Gasteiger charge is -2.32. The molecule has 0 aliphatic rings. The summed E-state index contributed by atoms with van der Waals surface area (Å²) < 4.78 is 68.7. The van der Waals surface area contributed by atoms with Gasteiger partial charge in [-0.25, -0.2) is 8.42 Å². The quantitative estimate of drug-likeness (QED) is 0.349. The monoisotopic (exact) mass is 587 g/mol. The number of rotatable bonds is 9. The molecule has 0 aliphatic heterocycles. The van der Waals surface area contributed by atoms with Crippen molar-refractivity contribution in [1.29, 1.82) is 0 Å². The lowest BCUT2D eigenvalue weighted by Crippen LogP contribution is -2.49. The molecule has 3 aromatic carbocycles. The average Bonchev–Trinajstić information content (AvgIpc) is 2.86. The maximum Gasteiger partial charge on any atom is 0.416 e. The largest absolute Gasteiger partial charge is 0.416 e. The number of sulfonamides is 1. The molecule has 3 N–H and O–H groups in total. The van der Waals surface area contributed by atoms with Crippen molar-refractivity contribution < 1.29 is 31.2 Å². The summed E-state index contributed by atoms with van der Waals surface area (Å²) in [4.78, 5) is 24.5. The standard InChI is InChI=1S/C25H22Cl2F3N3O4S/c1-2-21(24(35)32-14-15-4-3-5-16(12-15)23(31)34)33(38(36,37)19-9-7-18(26)8-10-19)22-13-17(25(28,29)30)6-11-20(22)27/h3-13,21H,2,14H2,1H3,(H2,31,34)(H,32,35). The molecule has 2 amide bonds. The van der Waals surface area contributed by atoms with E-state index >= 15 is 0 Å². The van der Waals surface area contributed by atoms with Gasteiger partial charge in [-0.3, -0.25) is 13.9 Å². The Labute approximate surface area is 227 Å². The van der Waals surface area contributed by atoms with Crippen LogP contribution in [0.25, 0.3) is 0 Å². The lowest BCUT2D eigenvalue weighted by molar-refractivity contribution is -0.137. The van der Waals surface area contributed by atoms with Crippen molar-refractivity contribution in [2.24, 2.45) is 5.73 Å². The van der Waals surface area contributed by atoms with Crippen molar-refractivity contribution >= 4 is 50.7 Å². The summed E-state index contributed by atoms with van der Waals surface area (Å²) in [5, 5.41) is 2.50. The van der Waals surface area contributed by atoms with Crippen molar-refractivity contribution in [3.8, 4) is 0 Å². The van der Waals surface area contributed by atoms with Crippen LogP contribution in [0.1, 0.15) is 34.8 Å². The number of nitrogens with two attached hydrogens (primary N) is 1. The molecule has 0 heterocycles. The molecular weight excluding hydrogens is 566 g/mol. The van der Waals surface area contributed by atoms with Gasteiger partial charge in [0, 0.05) is 17.1 Å². The Morgan fingerprint density at radius 3 is 2.26 bits per heavy atom. The molecular formula is C25H22Cl2F3N3O4S. The van der Waals surface area contributed by atoms with Gasteiger partial charge in [0.15, 0.2) is 0 Å². The third kappa shape index (κ3) is 6.58. The molecule has 0 aliphatic carbocycles. The molecule has 1 atom stereocenters. The number of amides is 2. The molecule has 0 saturated carbocycles. The fourth-order valence-electron chi connectivity index (χ4n) is 3.64. The Hall–Kier alpha value is -3.28. The van der Waals surface area contributed by atoms with Crippen LogP contribution in [-0.4, -0.2) is 26.3 Å². The molecule has 7 nitrogen and oxygen atoms in total. The summed E-state index contributed by atoms with van der Waals surface area (Å²) in [6.45, 7) is 1.39. The number of carbonyl (C=O) groups excluding carboxylic acids is 2. The number of anilines is 1. The van der Waals surface area contributed by atoms with E-state index in [1.54, 1.807) is 12.1 Å². The van der Waals surface area contributed by atoms with E-state index in [1.165, 1.54) is 43.3 Å². The zero-order chi connectivity index (χ0) is 28.3. The van der Waals surface area contributed by atoms with Crippen LogP contribution < -0.4 is 15.4 Å². The van der Waals surface area contributed by atoms with Gasteiger partial charge < -0.3 is 11.1 Å². The van der Waals surface area contributed by atoms with Crippen molar-refractivity contribution in [2.75, 3.05) is 4.31 Å². The molecule has 0 fully saturated rings. The number of nitrogens with one attached hydrogen (secondary N) is 1. The van der Waals surface area contributed by atoms with Crippen molar-refractivity contribution in [1.82, 2.24) is 5.32 Å². The Bertz CT molecular complexity index is 1450. The summed E-state index contributed by atoms with van der Waals surface area (Å²) in [7, 11) is -4.61. The number of alkyl halides is 3. The lowest BCUT2D eigenvalue weighted by atomic mass is 10.1. The van der Waals surface area contributed by atoms with Crippen LogP contribution in [0.3, 0.4) is 0 Å². The van der Waals surface area contributed by atoms with Crippen molar-refractivity contribution in [3.63, 3.8) is 0 Å². The molecule has 0 bridgehead atoms. The van der Waals surface area contributed by atoms with E-state index < -0.39 is 45.3 Å². The first kappa shape index (κ1) is 29.3. The Balaban J connectivity index is 2.08. The van der Waals surface area contributed by atoms with Gasteiger partial charge in [0.25, 0.3) is 10.0 Å². The number of hydrogen-bond acceptors (Lipinski definition) is 4. The van der Waals surface area contributed by atoms with Gasteiger partial charge in [0.05, 0.1) is 21.2 Å². The second-order valence-corrected chi connectivity index (χ2v) is 10.8. The molecule has 38 heavy (non-hydrogen) atoms. The fourth-order valence-corrected chi connectivity index (χ4v) is 5.72. The molecule has 0 spiro atoms. The van der Waals surface area contributed by atoms with Gasteiger partial charge in [-0.15, -0.1) is 0 Å². The van der Waals surface area contributed by atoms with Crippen LogP contribution in [0, 0.1) is 0 Å². The van der Waals surface area contributed by atoms with Crippen LogP contribution >= 0.6 is 23.2 Å². The molecule has 1 unspecified atom stereocenters. The number of benzene rings is 3. The maximum atomic E-state index is 13.8. The summed E-state index contributed by atoms with van der Waals surface area (Å²) >= 11 is 12.1. The highest BCUT2D eigenvalue weighted by Crippen LogP contribution is 2.39. The van der Waals surface area contributed by atoms with E-state index in [0.29, 0.717) is 22.0 Å². The van der Waals surface area contributed by atoms with E-state index in [1.807, 2.05) is 0 Å². The normalized spacial score (nSPS) is 12.6. The zero-order valence-corrected chi connectivity index (χ0v) is 22.1. The topological polar surface area (TPSA) is 110 Å². The third-order valence-electron chi connectivity index (χ3n) is 5.53. The highest BCUT2D eigenvalue weighted by Gasteiger charge is 2.38. The van der Waals surface area contributed by atoms with Crippen molar-refractivity contribution in [2.45, 2.75) is 37.0 Å².